The van der Waals surface area contributed by atoms with Gasteiger partial charge in [-0.2, -0.15) is 5.10 Å². The molecule has 0 radical (unpaired) electrons. The van der Waals surface area contributed by atoms with E-state index in [9.17, 15) is 4.79 Å². The quantitative estimate of drug-likeness (QED) is 0.785. The van der Waals surface area contributed by atoms with Gasteiger partial charge < -0.3 is 9.64 Å². The summed E-state index contributed by atoms with van der Waals surface area (Å²) in [5, 5.41) is 9.31. The van der Waals surface area contributed by atoms with E-state index in [1.165, 1.54) is 0 Å². The number of nitrogens with zero attached hydrogens (tertiary/aromatic N) is 3. The van der Waals surface area contributed by atoms with Crippen LogP contribution in [0.3, 0.4) is 0 Å². The third-order valence-corrected chi connectivity index (χ3v) is 3.52. The highest BCUT2D eigenvalue weighted by atomic mass is 32.2. The average molecular weight is 267 g/mol. The van der Waals surface area contributed by atoms with Gasteiger partial charge in [-0.15, -0.1) is 16.9 Å². The summed E-state index contributed by atoms with van der Waals surface area (Å²) < 4.78 is 5.02. The van der Waals surface area contributed by atoms with E-state index in [1.807, 2.05) is 13.0 Å². The second-order valence-corrected chi connectivity index (χ2v) is 5.24. The van der Waals surface area contributed by atoms with Crippen LogP contribution in [-0.2, 0) is 17.7 Å². The summed E-state index contributed by atoms with van der Waals surface area (Å²) in [7, 11) is 0. The third kappa shape index (κ3) is 2.93. The number of amides is 1. The molecule has 0 bridgehead atoms. The zero-order valence-electron chi connectivity index (χ0n) is 10.7. The standard InChI is InChI=1S/C12H17N3O2S/c1-3-17-12(16)15-6-5-10-9(8-15)7-11(14-13-10)18-4-2/h7H,3-6,8H2,1-2H3. The lowest BCUT2D eigenvalue weighted by atomic mass is 10.1. The van der Waals surface area contributed by atoms with Crippen molar-refractivity contribution in [3.63, 3.8) is 0 Å². The highest BCUT2D eigenvalue weighted by Gasteiger charge is 2.23. The molecule has 1 aliphatic rings. The topological polar surface area (TPSA) is 55.3 Å². The number of thioether (sulfide) groups is 1. The van der Waals surface area contributed by atoms with E-state index in [0.29, 0.717) is 19.7 Å². The van der Waals surface area contributed by atoms with Crippen LogP contribution in [0.2, 0.25) is 0 Å². The Bertz CT molecular complexity index is 439. The van der Waals surface area contributed by atoms with E-state index in [4.69, 9.17) is 4.74 Å². The minimum atomic E-state index is -0.246. The predicted molar refractivity (Wildman–Crippen MR) is 69.6 cm³/mol. The van der Waals surface area contributed by atoms with Gasteiger partial charge in [0.15, 0.2) is 0 Å². The van der Waals surface area contributed by atoms with Gasteiger partial charge in [-0.1, -0.05) is 6.92 Å². The number of rotatable bonds is 3. The maximum Gasteiger partial charge on any atom is 0.410 e. The SMILES string of the molecule is CCOC(=O)N1CCc2nnc(SCC)cc2C1. The molecule has 98 valence electrons. The van der Waals surface area contributed by atoms with Gasteiger partial charge in [0.05, 0.1) is 18.8 Å². The Balaban J connectivity index is 2.11. The van der Waals surface area contributed by atoms with Crippen LogP contribution in [0.4, 0.5) is 4.79 Å². The van der Waals surface area contributed by atoms with Crippen LogP contribution < -0.4 is 0 Å². The molecule has 0 fully saturated rings. The maximum absolute atomic E-state index is 11.7. The summed E-state index contributed by atoms with van der Waals surface area (Å²) in [6.07, 6.45) is 0.503. The number of fused-ring (bicyclic) bond motifs is 1. The minimum absolute atomic E-state index is 0.246. The van der Waals surface area contributed by atoms with E-state index in [-0.39, 0.29) is 6.09 Å². The fourth-order valence-electron chi connectivity index (χ4n) is 1.90. The molecule has 1 aromatic rings. The molecule has 0 aliphatic carbocycles. The van der Waals surface area contributed by atoms with Crippen molar-refractivity contribution in [2.75, 3.05) is 18.9 Å². The van der Waals surface area contributed by atoms with Gasteiger partial charge in [0.25, 0.3) is 0 Å². The Labute approximate surface area is 111 Å². The van der Waals surface area contributed by atoms with Crippen molar-refractivity contribution in [3.05, 3.63) is 17.3 Å². The first-order chi connectivity index (χ1) is 8.74. The van der Waals surface area contributed by atoms with Crippen molar-refractivity contribution in [1.82, 2.24) is 15.1 Å². The van der Waals surface area contributed by atoms with Crippen molar-refractivity contribution in [2.45, 2.75) is 31.8 Å². The normalized spacial score (nSPS) is 14.2. The minimum Gasteiger partial charge on any atom is -0.450 e. The van der Waals surface area contributed by atoms with Crippen LogP contribution in [0.5, 0.6) is 0 Å². The summed E-state index contributed by atoms with van der Waals surface area (Å²) in [6, 6.07) is 2.03. The lowest BCUT2D eigenvalue weighted by molar-refractivity contribution is 0.102. The Morgan fingerprint density at radius 2 is 2.33 bits per heavy atom. The van der Waals surface area contributed by atoms with Gasteiger partial charge in [-0.3, -0.25) is 0 Å². The van der Waals surface area contributed by atoms with Gasteiger partial charge in [0.1, 0.15) is 5.03 Å². The molecular formula is C12H17N3O2S. The number of aromatic nitrogens is 2. The summed E-state index contributed by atoms with van der Waals surface area (Å²) in [5.41, 5.74) is 2.08. The van der Waals surface area contributed by atoms with Crippen LogP contribution in [-0.4, -0.2) is 40.1 Å². The number of ether oxygens (including phenoxy) is 1. The van der Waals surface area contributed by atoms with Gasteiger partial charge >= 0.3 is 6.09 Å². The second kappa shape index (κ2) is 6.04. The Kier molecular flexibility index (Phi) is 4.41. The van der Waals surface area contributed by atoms with Crippen molar-refractivity contribution >= 4 is 17.9 Å². The molecule has 2 heterocycles. The highest BCUT2D eigenvalue weighted by molar-refractivity contribution is 7.99. The lowest BCUT2D eigenvalue weighted by Crippen LogP contribution is -2.36. The van der Waals surface area contributed by atoms with E-state index in [1.54, 1.807) is 16.7 Å². The number of carbonyl (C=O) groups is 1. The molecule has 6 heteroatoms. The maximum atomic E-state index is 11.7. The molecule has 0 aromatic carbocycles. The molecule has 1 aliphatic heterocycles. The molecule has 0 saturated carbocycles. The zero-order valence-corrected chi connectivity index (χ0v) is 11.5. The van der Waals surface area contributed by atoms with Crippen LogP contribution in [0.15, 0.2) is 11.1 Å². The largest absolute Gasteiger partial charge is 0.450 e. The Hall–Kier alpha value is -1.30. The molecule has 0 unspecified atom stereocenters. The lowest BCUT2D eigenvalue weighted by Gasteiger charge is -2.27. The average Bonchev–Trinajstić information content (AvgIpc) is 2.38. The molecular weight excluding hydrogens is 250 g/mol. The number of carbonyl (C=O) groups excluding carboxylic acids is 1. The molecule has 0 N–H and O–H groups in total. The van der Waals surface area contributed by atoms with E-state index in [2.05, 4.69) is 17.1 Å². The van der Waals surface area contributed by atoms with Crippen LogP contribution in [0, 0.1) is 0 Å². The van der Waals surface area contributed by atoms with E-state index in [0.717, 1.165) is 28.5 Å². The van der Waals surface area contributed by atoms with E-state index >= 15 is 0 Å². The van der Waals surface area contributed by atoms with Crippen LogP contribution in [0.1, 0.15) is 25.1 Å². The number of hydrogen-bond acceptors (Lipinski definition) is 5. The van der Waals surface area contributed by atoms with Gasteiger partial charge in [0.2, 0.25) is 0 Å². The molecule has 1 aromatic heterocycles. The Morgan fingerprint density at radius 1 is 1.50 bits per heavy atom. The first kappa shape index (κ1) is 13.1. The van der Waals surface area contributed by atoms with Gasteiger partial charge in [-0.05, 0) is 24.3 Å². The summed E-state index contributed by atoms with van der Waals surface area (Å²) in [6.45, 7) is 5.53. The first-order valence-corrected chi connectivity index (χ1v) is 7.13. The summed E-state index contributed by atoms with van der Waals surface area (Å²) >= 11 is 1.66. The predicted octanol–water partition coefficient (Wildman–Crippen LogP) is 2.10. The molecule has 1 amide bonds. The van der Waals surface area contributed by atoms with Crippen LogP contribution >= 0.6 is 11.8 Å². The molecule has 18 heavy (non-hydrogen) atoms. The monoisotopic (exact) mass is 267 g/mol. The Morgan fingerprint density at radius 3 is 3.06 bits per heavy atom. The fraction of sp³-hybridized carbons (Fsp3) is 0.583. The van der Waals surface area contributed by atoms with E-state index < -0.39 is 0 Å². The fourth-order valence-corrected chi connectivity index (χ4v) is 2.52. The molecule has 2 rings (SSSR count). The van der Waals surface area contributed by atoms with Crippen LogP contribution in [0.25, 0.3) is 0 Å². The zero-order chi connectivity index (χ0) is 13.0. The highest BCUT2D eigenvalue weighted by Crippen LogP contribution is 2.22. The number of hydrogen-bond donors (Lipinski definition) is 0. The van der Waals surface area contributed by atoms with Crippen molar-refractivity contribution < 1.29 is 9.53 Å². The second-order valence-electron chi connectivity index (χ2n) is 3.96. The van der Waals surface area contributed by atoms with Gasteiger partial charge in [0, 0.05) is 13.0 Å². The van der Waals surface area contributed by atoms with Crippen molar-refractivity contribution in [1.29, 1.82) is 0 Å². The summed E-state index contributed by atoms with van der Waals surface area (Å²) in [5.74, 6) is 0.967. The third-order valence-electron chi connectivity index (χ3n) is 2.74. The van der Waals surface area contributed by atoms with Crippen molar-refractivity contribution in [2.24, 2.45) is 0 Å². The molecule has 5 nitrogen and oxygen atoms in total. The molecule has 0 spiro atoms. The smallest absolute Gasteiger partial charge is 0.410 e. The summed E-state index contributed by atoms with van der Waals surface area (Å²) in [4.78, 5) is 13.4. The van der Waals surface area contributed by atoms with Crippen molar-refractivity contribution in [3.8, 4) is 0 Å². The molecule has 0 saturated heterocycles. The first-order valence-electron chi connectivity index (χ1n) is 6.14. The molecule has 0 atom stereocenters. The van der Waals surface area contributed by atoms with Gasteiger partial charge in [-0.25, -0.2) is 4.79 Å².